The molecule has 0 aromatic heterocycles. The fraction of sp³-hybridized carbons (Fsp3) is 0.250. The molecule has 0 radical (unpaired) electrons. The summed E-state index contributed by atoms with van der Waals surface area (Å²) in [7, 11) is 0. The molecule has 0 aliphatic rings. The SMILES string of the molecule is CCc1cccc(C(O)Cc2ccccc2Cl)c1. The molecule has 1 atom stereocenters. The third kappa shape index (κ3) is 3.12. The quantitative estimate of drug-likeness (QED) is 0.874. The minimum absolute atomic E-state index is 0.503. The molecule has 2 aromatic rings. The van der Waals surface area contributed by atoms with Crippen LogP contribution in [0.1, 0.15) is 29.7 Å². The average Bonchev–Trinajstić information content (AvgIpc) is 2.41. The first kappa shape index (κ1) is 13.1. The molecule has 2 heteroatoms. The smallest absolute Gasteiger partial charge is 0.0831 e. The van der Waals surface area contributed by atoms with Crippen LogP contribution in [-0.4, -0.2) is 5.11 Å². The van der Waals surface area contributed by atoms with Gasteiger partial charge in [0.1, 0.15) is 0 Å². The molecular formula is C16H17ClO. The number of rotatable bonds is 4. The van der Waals surface area contributed by atoms with Crippen molar-refractivity contribution in [1.29, 1.82) is 0 Å². The third-order valence-corrected chi connectivity index (χ3v) is 3.48. The first-order valence-electron chi connectivity index (χ1n) is 6.21. The summed E-state index contributed by atoms with van der Waals surface area (Å²) in [6.45, 7) is 2.11. The zero-order valence-corrected chi connectivity index (χ0v) is 11.2. The van der Waals surface area contributed by atoms with E-state index in [9.17, 15) is 5.11 Å². The Morgan fingerprint density at radius 1 is 1.11 bits per heavy atom. The van der Waals surface area contributed by atoms with Gasteiger partial charge in [-0.15, -0.1) is 0 Å². The fourth-order valence-electron chi connectivity index (χ4n) is 2.01. The summed E-state index contributed by atoms with van der Waals surface area (Å²) >= 11 is 6.10. The van der Waals surface area contributed by atoms with Crippen molar-refractivity contribution < 1.29 is 5.11 Å². The van der Waals surface area contributed by atoms with Crippen molar-refractivity contribution in [2.24, 2.45) is 0 Å². The van der Waals surface area contributed by atoms with Crippen LogP contribution in [0.4, 0.5) is 0 Å². The minimum Gasteiger partial charge on any atom is -0.388 e. The van der Waals surface area contributed by atoms with Gasteiger partial charge in [-0.3, -0.25) is 0 Å². The Kier molecular flexibility index (Phi) is 4.40. The number of hydrogen-bond donors (Lipinski definition) is 1. The number of aryl methyl sites for hydroxylation is 1. The summed E-state index contributed by atoms with van der Waals surface area (Å²) in [5.41, 5.74) is 3.17. The van der Waals surface area contributed by atoms with Crippen LogP contribution in [0.15, 0.2) is 48.5 Å². The van der Waals surface area contributed by atoms with E-state index in [0.29, 0.717) is 11.4 Å². The van der Waals surface area contributed by atoms with Crippen LogP contribution >= 0.6 is 11.6 Å². The topological polar surface area (TPSA) is 20.2 Å². The van der Waals surface area contributed by atoms with Gasteiger partial charge in [-0.1, -0.05) is 61.0 Å². The van der Waals surface area contributed by atoms with Crippen LogP contribution in [0.5, 0.6) is 0 Å². The predicted octanol–water partition coefficient (Wildman–Crippen LogP) is 4.18. The van der Waals surface area contributed by atoms with Gasteiger partial charge in [-0.25, -0.2) is 0 Å². The van der Waals surface area contributed by atoms with Crippen LogP contribution in [0.3, 0.4) is 0 Å². The molecule has 0 spiro atoms. The second kappa shape index (κ2) is 6.03. The Labute approximate surface area is 113 Å². The molecule has 94 valence electrons. The summed E-state index contributed by atoms with van der Waals surface area (Å²) in [5.74, 6) is 0. The van der Waals surface area contributed by atoms with Gasteiger partial charge < -0.3 is 5.11 Å². The predicted molar refractivity (Wildman–Crippen MR) is 75.9 cm³/mol. The highest BCUT2D eigenvalue weighted by molar-refractivity contribution is 6.31. The van der Waals surface area contributed by atoms with E-state index in [1.807, 2.05) is 36.4 Å². The lowest BCUT2D eigenvalue weighted by atomic mass is 9.99. The molecule has 1 nitrogen and oxygen atoms in total. The summed E-state index contributed by atoms with van der Waals surface area (Å²) in [6.07, 6.45) is 1.02. The van der Waals surface area contributed by atoms with Crippen molar-refractivity contribution in [3.8, 4) is 0 Å². The molecule has 18 heavy (non-hydrogen) atoms. The van der Waals surface area contributed by atoms with Gasteiger partial charge in [0.05, 0.1) is 6.10 Å². The minimum atomic E-state index is -0.503. The van der Waals surface area contributed by atoms with Crippen LogP contribution in [-0.2, 0) is 12.8 Å². The van der Waals surface area contributed by atoms with Gasteiger partial charge in [0.15, 0.2) is 0 Å². The molecule has 2 aromatic carbocycles. The monoisotopic (exact) mass is 260 g/mol. The molecule has 2 rings (SSSR count). The molecular weight excluding hydrogens is 244 g/mol. The lowest BCUT2D eigenvalue weighted by Gasteiger charge is -2.13. The Balaban J connectivity index is 2.16. The largest absolute Gasteiger partial charge is 0.388 e. The van der Waals surface area contributed by atoms with E-state index in [1.165, 1.54) is 5.56 Å². The molecule has 0 saturated carbocycles. The Morgan fingerprint density at radius 3 is 2.61 bits per heavy atom. The standard InChI is InChI=1S/C16H17ClO/c1-2-12-6-5-8-14(10-12)16(18)11-13-7-3-4-9-15(13)17/h3-10,16,18H,2,11H2,1H3. The van der Waals surface area contributed by atoms with E-state index >= 15 is 0 Å². The van der Waals surface area contributed by atoms with Crippen molar-refractivity contribution in [2.75, 3.05) is 0 Å². The van der Waals surface area contributed by atoms with Crippen molar-refractivity contribution in [1.82, 2.24) is 0 Å². The highest BCUT2D eigenvalue weighted by Crippen LogP contribution is 2.23. The summed E-state index contributed by atoms with van der Waals surface area (Å²) in [5, 5.41) is 11.0. The number of halogens is 1. The van der Waals surface area contributed by atoms with Gasteiger partial charge >= 0.3 is 0 Å². The number of aliphatic hydroxyl groups is 1. The summed E-state index contributed by atoms with van der Waals surface area (Å²) in [6, 6.07) is 15.7. The van der Waals surface area contributed by atoms with E-state index in [1.54, 1.807) is 0 Å². The Morgan fingerprint density at radius 2 is 1.89 bits per heavy atom. The normalized spacial score (nSPS) is 12.4. The zero-order valence-electron chi connectivity index (χ0n) is 10.4. The molecule has 0 amide bonds. The molecule has 1 unspecified atom stereocenters. The van der Waals surface area contributed by atoms with E-state index in [0.717, 1.165) is 17.5 Å². The van der Waals surface area contributed by atoms with Crippen LogP contribution < -0.4 is 0 Å². The van der Waals surface area contributed by atoms with Gasteiger partial charge in [0, 0.05) is 11.4 Å². The average molecular weight is 261 g/mol. The van der Waals surface area contributed by atoms with Crippen molar-refractivity contribution >= 4 is 11.6 Å². The van der Waals surface area contributed by atoms with Crippen LogP contribution in [0.2, 0.25) is 5.02 Å². The van der Waals surface area contributed by atoms with Crippen LogP contribution in [0, 0.1) is 0 Å². The van der Waals surface area contributed by atoms with Crippen molar-refractivity contribution in [2.45, 2.75) is 25.9 Å². The molecule has 0 fully saturated rings. The second-order valence-corrected chi connectivity index (χ2v) is 4.82. The maximum atomic E-state index is 10.3. The fourth-order valence-corrected chi connectivity index (χ4v) is 2.22. The lowest BCUT2D eigenvalue weighted by Crippen LogP contribution is -2.02. The van der Waals surface area contributed by atoms with Gasteiger partial charge in [-0.05, 0) is 29.2 Å². The van der Waals surface area contributed by atoms with Crippen molar-refractivity contribution in [3.63, 3.8) is 0 Å². The van der Waals surface area contributed by atoms with E-state index in [2.05, 4.69) is 19.1 Å². The number of benzene rings is 2. The second-order valence-electron chi connectivity index (χ2n) is 4.41. The van der Waals surface area contributed by atoms with E-state index < -0.39 is 6.10 Å². The molecule has 0 aliphatic heterocycles. The first-order valence-corrected chi connectivity index (χ1v) is 6.59. The van der Waals surface area contributed by atoms with E-state index in [-0.39, 0.29) is 0 Å². The lowest BCUT2D eigenvalue weighted by molar-refractivity contribution is 0.178. The first-order chi connectivity index (χ1) is 8.70. The molecule has 0 saturated heterocycles. The van der Waals surface area contributed by atoms with Gasteiger partial charge in [-0.2, -0.15) is 0 Å². The van der Waals surface area contributed by atoms with Crippen LogP contribution in [0.25, 0.3) is 0 Å². The zero-order chi connectivity index (χ0) is 13.0. The van der Waals surface area contributed by atoms with Gasteiger partial charge in [0.2, 0.25) is 0 Å². The molecule has 0 aliphatic carbocycles. The van der Waals surface area contributed by atoms with E-state index in [4.69, 9.17) is 11.6 Å². The Hall–Kier alpha value is -1.31. The van der Waals surface area contributed by atoms with Crippen molar-refractivity contribution in [3.05, 3.63) is 70.2 Å². The maximum absolute atomic E-state index is 10.3. The maximum Gasteiger partial charge on any atom is 0.0831 e. The molecule has 0 bridgehead atoms. The summed E-state index contributed by atoms with van der Waals surface area (Å²) in [4.78, 5) is 0. The highest BCUT2D eigenvalue weighted by atomic mass is 35.5. The Bertz CT molecular complexity index is 522. The number of hydrogen-bond acceptors (Lipinski definition) is 1. The summed E-state index contributed by atoms with van der Waals surface area (Å²) < 4.78 is 0. The molecule has 1 N–H and O–H groups in total. The highest BCUT2D eigenvalue weighted by Gasteiger charge is 2.10. The molecule has 0 heterocycles. The van der Waals surface area contributed by atoms with Gasteiger partial charge in [0.25, 0.3) is 0 Å². The number of aliphatic hydroxyl groups excluding tert-OH is 1. The third-order valence-electron chi connectivity index (χ3n) is 3.12.